The van der Waals surface area contributed by atoms with Gasteiger partial charge in [0.1, 0.15) is 0 Å². The second-order valence-corrected chi connectivity index (χ2v) is 6.22. The van der Waals surface area contributed by atoms with E-state index in [2.05, 4.69) is 78.3 Å². The van der Waals surface area contributed by atoms with Crippen molar-refractivity contribution in [1.82, 2.24) is 5.01 Å². The third-order valence-corrected chi connectivity index (χ3v) is 4.13. The van der Waals surface area contributed by atoms with Crippen molar-refractivity contribution < 1.29 is 0 Å². The van der Waals surface area contributed by atoms with Gasteiger partial charge in [-0.15, -0.1) is 5.11 Å². The van der Waals surface area contributed by atoms with Gasteiger partial charge < -0.3 is 0 Å². The van der Waals surface area contributed by atoms with E-state index in [1.807, 2.05) is 0 Å². The van der Waals surface area contributed by atoms with Crippen LogP contribution in [0.25, 0.3) is 0 Å². The van der Waals surface area contributed by atoms with E-state index < -0.39 is 0 Å². The maximum atomic E-state index is 4.44. The number of nitrogens with zero attached hydrogens (tertiary/aromatic N) is 3. The van der Waals surface area contributed by atoms with Crippen LogP contribution < -0.4 is 0 Å². The molecule has 0 amide bonds. The molecular formula is C21H29N3. The fourth-order valence-electron chi connectivity index (χ4n) is 2.88. The van der Waals surface area contributed by atoms with Crippen LogP contribution in [0.1, 0.15) is 46.0 Å². The molecule has 0 aromatic heterocycles. The molecule has 0 unspecified atom stereocenters. The summed E-state index contributed by atoms with van der Waals surface area (Å²) in [5.74, 6) is 0. The van der Waals surface area contributed by atoms with Gasteiger partial charge in [-0.3, -0.25) is 5.01 Å². The third-order valence-electron chi connectivity index (χ3n) is 4.13. The van der Waals surface area contributed by atoms with Gasteiger partial charge in [0.15, 0.2) is 0 Å². The molecule has 3 heteroatoms. The van der Waals surface area contributed by atoms with Crippen LogP contribution in [0.2, 0.25) is 0 Å². The zero-order valence-electron chi connectivity index (χ0n) is 15.0. The lowest BCUT2D eigenvalue weighted by molar-refractivity contribution is 0.293. The Labute approximate surface area is 146 Å². The molecule has 0 aromatic carbocycles. The highest BCUT2D eigenvalue weighted by atomic mass is 15.5. The molecule has 0 atom stereocenters. The standard InChI is InChI=1S/C21H29N3/c1-4-6-10-19-13-14-20-11-8-7-9-12-21(20)17-24(15-5-2)23-22-18(3)16-19/h6-10,12,16H,3-5,11,13-15,17H2,1-2H3/b10-6?,19-16-,23-22-. The number of allylic oxidation sites excluding steroid dienone is 8. The molecule has 24 heavy (non-hydrogen) atoms. The zero-order valence-corrected chi connectivity index (χ0v) is 15.0. The van der Waals surface area contributed by atoms with E-state index >= 15 is 0 Å². The SMILES string of the molecule is C=C1/C=C(/C=CCC)CCC2=C(C=CC=CC2)CN(CCC)/N=N\1. The fraction of sp³-hybridized carbons (Fsp3) is 0.429. The van der Waals surface area contributed by atoms with Gasteiger partial charge in [-0.05, 0) is 49.3 Å². The highest BCUT2D eigenvalue weighted by Gasteiger charge is 2.11. The minimum atomic E-state index is 0.722. The molecule has 2 rings (SSSR count). The van der Waals surface area contributed by atoms with Crippen molar-refractivity contribution in [2.24, 2.45) is 10.3 Å². The normalized spacial score (nSPS) is 22.8. The second kappa shape index (κ2) is 9.86. The Morgan fingerprint density at radius 3 is 2.92 bits per heavy atom. The summed E-state index contributed by atoms with van der Waals surface area (Å²) in [6.45, 7) is 10.1. The lowest BCUT2D eigenvalue weighted by Crippen LogP contribution is -2.21. The summed E-state index contributed by atoms with van der Waals surface area (Å²) >= 11 is 0. The molecule has 2 aliphatic rings. The van der Waals surface area contributed by atoms with Crippen LogP contribution in [0.15, 0.2) is 81.9 Å². The number of hydrogen-bond donors (Lipinski definition) is 0. The van der Waals surface area contributed by atoms with Crippen LogP contribution in [0, 0.1) is 0 Å². The minimum absolute atomic E-state index is 0.722. The van der Waals surface area contributed by atoms with Crippen molar-refractivity contribution in [3.05, 3.63) is 71.5 Å². The van der Waals surface area contributed by atoms with Gasteiger partial charge in [-0.1, -0.05) is 67.7 Å². The monoisotopic (exact) mass is 323 g/mol. The van der Waals surface area contributed by atoms with Gasteiger partial charge in [0.05, 0.1) is 12.2 Å². The molecule has 0 aromatic rings. The van der Waals surface area contributed by atoms with E-state index in [-0.39, 0.29) is 0 Å². The predicted molar refractivity (Wildman–Crippen MR) is 103 cm³/mol. The van der Waals surface area contributed by atoms with Crippen LogP contribution in [-0.2, 0) is 0 Å². The molecule has 1 aliphatic heterocycles. The van der Waals surface area contributed by atoms with Crippen molar-refractivity contribution in [2.75, 3.05) is 13.1 Å². The molecule has 1 aliphatic carbocycles. The van der Waals surface area contributed by atoms with E-state index in [0.29, 0.717) is 0 Å². The predicted octanol–water partition coefficient (Wildman–Crippen LogP) is 6.08. The van der Waals surface area contributed by atoms with Crippen LogP contribution in [0.4, 0.5) is 0 Å². The van der Waals surface area contributed by atoms with Crippen LogP contribution >= 0.6 is 0 Å². The van der Waals surface area contributed by atoms with Crippen LogP contribution in [-0.4, -0.2) is 18.1 Å². The maximum Gasteiger partial charge on any atom is 0.0805 e. The second-order valence-electron chi connectivity index (χ2n) is 6.22. The fourth-order valence-corrected chi connectivity index (χ4v) is 2.88. The molecule has 128 valence electrons. The molecule has 0 radical (unpaired) electrons. The molecule has 0 N–H and O–H groups in total. The average molecular weight is 323 g/mol. The van der Waals surface area contributed by atoms with Gasteiger partial charge in [0.25, 0.3) is 0 Å². The van der Waals surface area contributed by atoms with E-state index in [1.165, 1.54) is 16.7 Å². The van der Waals surface area contributed by atoms with Gasteiger partial charge in [0.2, 0.25) is 0 Å². The average Bonchev–Trinajstić information content (AvgIpc) is 2.80. The molecular weight excluding hydrogens is 294 g/mol. The summed E-state index contributed by atoms with van der Waals surface area (Å²) in [7, 11) is 0. The summed E-state index contributed by atoms with van der Waals surface area (Å²) < 4.78 is 0. The van der Waals surface area contributed by atoms with Crippen molar-refractivity contribution in [3.63, 3.8) is 0 Å². The lowest BCUT2D eigenvalue weighted by Gasteiger charge is -2.19. The summed E-state index contributed by atoms with van der Waals surface area (Å²) in [5, 5.41) is 10.8. The Kier molecular flexibility index (Phi) is 7.47. The zero-order chi connectivity index (χ0) is 17.2. The van der Waals surface area contributed by atoms with Gasteiger partial charge >= 0.3 is 0 Å². The van der Waals surface area contributed by atoms with Crippen LogP contribution in [0.5, 0.6) is 0 Å². The van der Waals surface area contributed by atoms with Crippen molar-refractivity contribution in [2.45, 2.75) is 46.0 Å². The summed E-state index contributed by atoms with van der Waals surface area (Å²) in [4.78, 5) is 0. The van der Waals surface area contributed by atoms with Gasteiger partial charge in [-0.25, -0.2) is 0 Å². The molecule has 1 heterocycles. The summed E-state index contributed by atoms with van der Waals surface area (Å²) in [6.07, 6.45) is 20.4. The largest absolute Gasteiger partial charge is 0.274 e. The van der Waals surface area contributed by atoms with Crippen molar-refractivity contribution in [3.8, 4) is 0 Å². The summed E-state index contributed by atoms with van der Waals surface area (Å²) in [6, 6.07) is 0. The van der Waals surface area contributed by atoms with E-state index in [0.717, 1.165) is 50.9 Å². The Morgan fingerprint density at radius 1 is 1.25 bits per heavy atom. The quantitative estimate of drug-likeness (QED) is 0.616. The Morgan fingerprint density at radius 2 is 2.12 bits per heavy atom. The minimum Gasteiger partial charge on any atom is -0.274 e. The number of rotatable bonds is 4. The highest BCUT2D eigenvalue weighted by Crippen LogP contribution is 2.25. The first-order chi connectivity index (χ1) is 11.7. The van der Waals surface area contributed by atoms with E-state index in [4.69, 9.17) is 0 Å². The van der Waals surface area contributed by atoms with E-state index in [1.54, 1.807) is 0 Å². The van der Waals surface area contributed by atoms with Crippen LogP contribution in [0.3, 0.4) is 0 Å². The molecule has 0 saturated carbocycles. The molecule has 3 nitrogen and oxygen atoms in total. The van der Waals surface area contributed by atoms with Crippen molar-refractivity contribution >= 4 is 0 Å². The topological polar surface area (TPSA) is 28.0 Å². The Bertz CT molecular complexity index is 615. The van der Waals surface area contributed by atoms with Gasteiger partial charge in [0, 0.05) is 6.54 Å². The third kappa shape index (κ3) is 5.80. The smallest absolute Gasteiger partial charge is 0.0805 e. The van der Waals surface area contributed by atoms with Crippen molar-refractivity contribution in [1.29, 1.82) is 0 Å². The first-order valence-electron chi connectivity index (χ1n) is 8.99. The highest BCUT2D eigenvalue weighted by molar-refractivity contribution is 5.35. The lowest BCUT2D eigenvalue weighted by atomic mass is 9.96. The van der Waals surface area contributed by atoms with Gasteiger partial charge in [-0.2, -0.15) is 0 Å². The first-order valence-corrected chi connectivity index (χ1v) is 8.99. The number of hydrogen-bond acceptors (Lipinski definition) is 3. The molecule has 0 saturated heterocycles. The molecule has 0 spiro atoms. The Hall–Kier alpha value is -2.16. The Balaban J connectivity index is 2.34. The van der Waals surface area contributed by atoms with E-state index in [9.17, 15) is 0 Å². The molecule has 0 fully saturated rings. The first kappa shape index (κ1) is 18.2. The summed E-state index contributed by atoms with van der Waals surface area (Å²) in [5.41, 5.74) is 4.87. The maximum absolute atomic E-state index is 4.44. The molecule has 0 bridgehead atoms.